The van der Waals surface area contributed by atoms with Gasteiger partial charge in [-0.25, -0.2) is 0 Å². The zero-order valence-electron chi connectivity index (χ0n) is 15.8. The number of rotatable bonds is 6. The zero-order valence-corrected chi connectivity index (χ0v) is 16.7. The van der Waals surface area contributed by atoms with E-state index in [1.54, 1.807) is 12.1 Å². The summed E-state index contributed by atoms with van der Waals surface area (Å²) >= 11 is 0. The summed E-state index contributed by atoms with van der Waals surface area (Å²) in [5.74, 6) is -0.224. The Labute approximate surface area is 172 Å². The third-order valence-corrected chi connectivity index (χ3v) is 5.07. The summed E-state index contributed by atoms with van der Waals surface area (Å²) in [5, 5.41) is 6.11. The lowest BCUT2D eigenvalue weighted by Gasteiger charge is -2.27. The van der Waals surface area contributed by atoms with Crippen LogP contribution in [0.15, 0.2) is 60.7 Å². The number of amides is 2. The number of nitrogens with one attached hydrogen (secondary N) is 2. The van der Waals surface area contributed by atoms with E-state index in [0.717, 1.165) is 31.2 Å². The van der Waals surface area contributed by atoms with Crippen molar-refractivity contribution < 1.29 is 9.59 Å². The lowest BCUT2D eigenvalue weighted by molar-refractivity contribution is -0.122. The zero-order chi connectivity index (χ0) is 19.1. The average Bonchev–Trinajstić information content (AvgIpc) is 2.70. The van der Waals surface area contributed by atoms with Gasteiger partial charge in [0, 0.05) is 17.6 Å². The Bertz CT molecular complexity index is 747. The number of nitrogens with two attached hydrogens (primary N) is 1. The third-order valence-electron chi connectivity index (χ3n) is 5.07. The summed E-state index contributed by atoms with van der Waals surface area (Å²) in [6, 6.07) is 18.7. The van der Waals surface area contributed by atoms with Crippen LogP contribution >= 0.6 is 12.4 Å². The second kappa shape index (κ2) is 10.8. The molecule has 0 saturated heterocycles. The molecule has 0 aliphatic heterocycles. The first-order valence-corrected chi connectivity index (χ1v) is 9.57. The van der Waals surface area contributed by atoms with Crippen molar-refractivity contribution in [3.63, 3.8) is 0 Å². The van der Waals surface area contributed by atoms with E-state index in [9.17, 15) is 9.59 Å². The maximum Gasteiger partial charge on any atom is 0.251 e. The normalized spacial score (nSPS) is 19.8. The van der Waals surface area contributed by atoms with Crippen molar-refractivity contribution >= 4 is 24.2 Å². The Morgan fingerprint density at radius 3 is 2.11 bits per heavy atom. The number of benzene rings is 2. The fourth-order valence-electron chi connectivity index (χ4n) is 3.50. The summed E-state index contributed by atoms with van der Waals surface area (Å²) in [5.41, 5.74) is 7.44. The van der Waals surface area contributed by atoms with Gasteiger partial charge in [-0.3, -0.25) is 9.59 Å². The highest BCUT2D eigenvalue weighted by molar-refractivity contribution is 5.94. The van der Waals surface area contributed by atoms with E-state index in [0.29, 0.717) is 5.56 Å². The van der Waals surface area contributed by atoms with Crippen molar-refractivity contribution in [3.8, 4) is 0 Å². The highest BCUT2D eigenvalue weighted by atomic mass is 35.5. The smallest absolute Gasteiger partial charge is 0.251 e. The third kappa shape index (κ3) is 6.36. The van der Waals surface area contributed by atoms with E-state index < -0.39 is 0 Å². The highest BCUT2D eigenvalue weighted by Gasteiger charge is 2.23. The Kier molecular flexibility index (Phi) is 8.48. The lowest BCUT2D eigenvalue weighted by atomic mass is 9.91. The van der Waals surface area contributed by atoms with Gasteiger partial charge in [0.2, 0.25) is 5.91 Å². The number of hydrogen-bond donors (Lipinski definition) is 3. The van der Waals surface area contributed by atoms with Gasteiger partial charge in [-0.2, -0.15) is 0 Å². The van der Waals surface area contributed by atoms with E-state index >= 15 is 0 Å². The first-order chi connectivity index (χ1) is 13.1. The molecule has 0 heterocycles. The first-order valence-electron chi connectivity index (χ1n) is 9.57. The first kappa shape index (κ1) is 21.9. The Morgan fingerprint density at radius 2 is 1.50 bits per heavy atom. The average molecular weight is 402 g/mol. The molecule has 1 fully saturated rings. The van der Waals surface area contributed by atoms with Gasteiger partial charge < -0.3 is 16.4 Å². The summed E-state index contributed by atoms with van der Waals surface area (Å²) in [7, 11) is 0. The molecule has 1 atom stereocenters. The minimum Gasteiger partial charge on any atom is -0.353 e. The molecule has 6 heteroatoms. The Morgan fingerprint density at radius 1 is 0.929 bits per heavy atom. The van der Waals surface area contributed by atoms with Gasteiger partial charge in [-0.1, -0.05) is 48.5 Å². The van der Waals surface area contributed by atoms with Gasteiger partial charge in [0.05, 0.1) is 12.5 Å². The molecule has 28 heavy (non-hydrogen) atoms. The second-order valence-electron chi connectivity index (χ2n) is 7.19. The number of carbonyl (C=O) groups excluding carboxylic acids is 2. The van der Waals surface area contributed by atoms with Crippen LogP contribution in [0.3, 0.4) is 0 Å². The van der Waals surface area contributed by atoms with E-state index in [1.807, 2.05) is 48.5 Å². The minimum absolute atomic E-state index is 0. The van der Waals surface area contributed by atoms with Crippen molar-refractivity contribution in [1.82, 2.24) is 10.6 Å². The van der Waals surface area contributed by atoms with Crippen LogP contribution in [0.2, 0.25) is 0 Å². The van der Waals surface area contributed by atoms with Gasteiger partial charge in [0.1, 0.15) is 0 Å². The van der Waals surface area contributed by atoms with Crippen LogP contribution < -0.4 is 16.4 Å². The molecule has 2 amide bonds. The molecule has 0 aromatic heterocycles. The summed E-state index contributed by atoms with van der Waals surface area (Å²) in [4.78, 5) is 25.2. The standard InChI is InChI=1S/C22H27N3O2.ClH/c23-18-11-13-19(14-12-18)24-21(26)15-20(16-7-3-1-4-8-16)25-22(27)17-9-5-2-6-10-17;/h1-10,18-20H,11-15,23H2,(H,24,26)(H,25,27);1H. The van der Waals surface area contributed by atoms with E-state index in [2.05, 4.69) is 10.6 Å². The van der Waals surface area contributed by atoms with Crippen molar-refractivity contribution in [1.29, 1.82) is 0 Å². The largest absolute Gasteiger partial charge is 0.353 e. The fourth-order valence-corrected chi connectivity index (χ4v) is 3.50. The SMILES string of the molecule is Cl.NC1CCC(NC(=O)CC(NC(=O)c2ccccc2)c2ccccc2)CC1. The van der Waals surface area contributed by atoms with Crippen LogP contribution in [-0.4, -0.2) is 23.9 Å². The topological polar surface area (TPSA) is 84.2 Å². The molecule has 5 nitrogen and oxygen atoms in total. The number of carbonyl (C=O) groups is 2. The van der Waals surface area contributed by atoms with Crippen LogP contribution in [0.5, 0.6) is 0 Å². The van der Waals surface area contributed by atoms with Gasteiger partial charge in [-0.15, -0.1) is 12.4 Å². The number of hydrogen-bond acceptors (Lipinski definition) is 3. The van der Waals surface area contributed by atoms with Crippen LogP contribution in [0.25, 0.3) is 0 Å². The van der Waals surface area contributed by atoms with Crippen molar-refractivity contribution in [3.05, 3.63) is 71.8 Å². The monoisotopic (exact) mass is 401 g/mol. The quantitative estimate of drug-likeness (QED) is 0.693. The second-order valence-corrected chi connectivity index (χ2v) is 7.19. The molecule has 4 N–H and O–H groups in total. The predicted octanol–water partition coefficient (Wildman–Crippen LogP) is 3.36. The van der Waals surface area contributed by atoms with E-state index in [-0.39, 0.29) is 48.8 Å². The highest BCUT2D eigenvalue weighted by Crippen LogP contribution is 2.20. The minimum atomic E-state index is -0.371. The fraction of sp³-hybridized carbons (Fsp3) is 0.364. The molecule has 2 aromatic rings. The van der Waals surface area contributed by atoms with Gasteiger partial charge in [-0.05, 0) is 43.4 Å². The van der Waals surface area contributed by atoms with Gasteiger partial charge in [0.15, 0.2) is 0 Å². The van der Waals surface area contributed by atoms with Crippen molar-refractivity contribution in [2.45, 2.75) is 50.2 Å². The van der Waals surface area contributed by atoms with Gasteiger partial charge in [0.25, 0.3) is 5.91 Å². The molecule has 1 aliphatic rings. The maximum atomic E-state index is 12.6. The van der Waals surface area contributed by atoms with Gasteiger partial charge >= 0.3 is 0 Å². The molecular formula is C22H28ClN3O2. The number of halogens is 1. The molecule has 150 valence electrons. The van der Waals surface area contributed by atoms with E-state index in [4.69, 9.17) is 5.73 Å². The summed E-state index contributed by atoms with van der Waals surface area (Å²) in [6.07, 6.45) is 3.93. The molecule has 1 aliphatic carbocycles. The molecular weight excluding hydrogens is 374 g/mol. The molecule has 0 spiro atoms. The van der Waals surface area contributed by atoms with Crippen LogP contribution in [0.1, 0.15) is 54.1 Å². The summed E-state index contributed by atoms with van der Waals surface area (Å²) in [6.45, 7) is 0. The predicted molar refractivity (Wildman–Crippen MR) is 113 cm³/mol. The van der Waals surface area contributed by atoms with Crippen molar-refractivity contribution in [2.24, 2.45) is 5.73 Å². The maximum absolute atomic E-state index is 12.6. The Hall–Kier alpha value is -2.37. The molecule has 2 aromatic carbocycles. The lowest BCUT2D eigenvalue weighted by Crippen LogP contribution is -2.42. The summed E-state index contributed by atoms with van der Waals surface area (Å²) < 4.78 is 0. The molecule has 0 bridgehead atoms. The van der Waals surface area contributed by atoms with Crippen LogP contribution in [-0.2, 0) is 4.79 Å². The molecule has 0 radical (unpaired) electrons. The molecule has 1 unspecified atom stereocenters. The van der Waals surface area contributed by atoms with Crippen molar-refractivity contribution in [2.75, 3.05) is 0 Å². The molecule has 3 rings (SSSR count). The van der Waals surface area contributed by atoms with Crippen LogP contribution in [0, 0.1) is 0 Å². The van der Waals surface area contributed by atoms with Crippen LogP contribution in [0.4, 0.5) is 0 Å². The Balaban J connectivity index is 0.00000280. The molecule has 1 saturated carbocycles. The van der Waals surface area contributed by atoms with E-state index in [1.165, 1.54) is 0 Å².